The van der Waals surface area contributed by atoms with Crippen molar-refractivity contribution in [3.63, 3.8) is 0 Å². The Hall–Kier alpha value is -0.910. The van der Waals surface area contributed by atoms with Crippen LogP contribution < -0.4 is 0 Å². The standard InChI is InChI=1S/C10H9ClO4S/c1-10(7-2-3-8(11)16-7)6(12)4-5(15-10)9(13)14/h2-3,5H,4H2,1H3,(H,13,14). The number of hydrogen-bond acceptors (Lipinski definition) is 4. The van der Waals surface area contributed by atoms with Gasteiger partial charge in [-0.1, -0.05) is 11.6 Å². The topological polar surface area (TPSA) is 63.6 Å². The molecule has 0 bridgehead atoms. The number of thiophene rings is 1. The molecule has 1 N–H and O–H groups in total. The number of rotatable bonds is 2. The molecule has 2 rings (SSSR count). The van der Waals surface area contributed by atoms with Gasteiger partial charge in [-0.25, -0.2) is 4.79 Å². The van der Waals surface area contributed by atoms with Crippen LogP contribution in [0, 0.1) is 0 Å². The summed E-state index contributed by atoms with van der Waals surface area (Å²) in [5.41, 5.74) is -1.17. The van der Waals surface area contributed by atoms with Gasteiger partial charge in [0.2, 0.25) is 0 Å². The predicted molar refractivity (Wildman–Crippen MR) is 58.8 cm³/mol. The summed E-state index contributed by atoms with van der Waals surface area (Å²) in [6.07, 6.45) is -1.15. The average molecular weight is 261 g/mol. The molecule has 2 unspecified atom stereocenters. The third-order valence-electron chi connectivity index (χ3n) is 2.60. The first-order valence-corrected chi connectivity index (χ1v) is 5.82. The summed E-state index contributed by atoms with van der Waals surface area (Å²) in [7, 11) is 0. The second-order valence-electron chi connectivity index (χ2n) is 3.71. The number of hydrogen-bond donors (Lipinski definition) is 1. The third kappa shape index (κ3) is 1.75. The van der Waals surface area contributed by atoms with Crippen LogP contribution in [0.5, 0.6) is 0 Å². The minimum absolute atomic E-state index is 0.0959. The highest BCUT2D eigenvalue weighted by molar-refractivity contribution is 7.16. The highest BCUT2D eigenvalue weighted by atomic mass is 35.5. The van der Waals surface area contributed by atoms with Crippen LogP contribution in [0.3, 0.4) is 0 Å². The summed E-state index contributed by atoms with van der Waals surface area (Å²) in [5.74, 6) is -1.34. The van der Waals surface area contributed by atoms with E-state index in [0.717, 1.165) is 0 Å². The quantitative estimate of drug-likeness (QED) is 0.884. The molecule has 1 aromatic rings. The lowest BCUT2D eigenvalue weighted by Gasteiger charge is -2.20. The number of carbonyl (C=O) groups excluding carboxylic acids is 1. The van der Waals surface area contributed by atoms with Crippen molar-refractivity contribution in [3.8, 4) is 0 Å². The zero-order valence-electron chi connectivity index (χ0n) is 8.40. The van der Waals surface area contributed by atoms with Crippen molar-refractivity contribution in [3.05, 3.63) is 21.3 Å². The monoisotopic (exact) mass is 260 g/mol. The SMILES string of the molecule is CC1(c2ccc(Cl)s2)OC(C(=O)O)CC1=O. The first-order valence-electron chi connectivity index (χ1n) is 4.63. The molecule has 0 aromatic carbocycles. The first-order chi connectivity index (χ1) is 7.43. The van der Waals surface area contributed by atoms with E-state index in [1.807, 2.05) is 0 Å². The van der Waals surface area contributed by atoms with Crippen LogP contribution >= 0.6 is 22.9 Å². The van der Waals surface area contributed by atoms with Crippen LogP contribution in [0.1, 0.15) is 18.2 Å². The van der Waals surface area contributed by atoms with E-state index in [4.69, 9.17) is 21.4 Å². The molecule has 1 saturated heterocycles. The van der Waals surface area contributed by atoms with Gasteiger partial charge in [0.05, 0.1) is 4.34 Å². The minimum atomic E-state index is -1.17. The van der Waals surface area contributed by atoms with Gasteiger partial charge in [-0.05, 0) is 19.1 Å². The van der Waals surface area contributed by atoms with E-state index >= 15 is 0 Å². The molecule has 0 radical (unpaired) electrons. The summed E-state index contributed by atoms with van der Waals surface area (Å²) >= 11 is 7.01. The summed E-state index contributed by atoms with van der Waals surface area (Å²) in [4.78, 5) is 23.2. The summed E-state index contributed by atoms with van der Waals surface area (Å²) in [6, 6.07) is 3.35. The smallest absolute Gasteiger partial charge is 0.333 e. The fourth-order valence-corrected chi connectivity index (χ4v) is 2.81. The Kier molecular flexibility index (Phi) is 2.77. The normalized spacial score (nSPS) is 29.6. The van der Waals surface area contributed by atoms with Crippen LogP contribution in [-0.4, -0.2) is 23.0 Å². The number of carboxylic acid groups (broad SMARTS) is 1. The zero-order chi connectivity index (χ0) is 11.9. The van der Waals surface area contributed by atoms with Crippen LogP contribution in [0.15, 0.2) is 12.1 Å². The molecule has 1 aliphatic rings. The predicted octanol–water partition coefficient (Wildman–Crippen LogP) is 2.06. The van der Waals surface area contributed by atoms with E-state index in [1.165, 1.54) is 11.3 Å². The number of carbonyl (C=O) groups is 2. The van der Waals surface area contributed by atoms with Gasteiger partial charge in [-0.2, -0.15) is 0 Å². The van der Waals surface area contributed by atoms with Crippen molar-refractivity contribution in [2.75, 3.05) is 0 Å². The Morgan fingerprint density at radius 1 is 1.69 bits per heavy atom. The Morgan fingerprint density at radius 2 is 2.38 bits per heavy atom. The van der Waals surface area contributed by atoms with Crippen LogP contribution in [0.25, 0.3) is 0 Å². The van der Waals surface area contributed by atoms with Gasteiger partial charge in [0.1, 0.15) is 0 Å². The van der Waals surface area contributed by atoms with E-state index in [0.29, 0.717) is 9.21 Å². The number of ketones is 1. The molecular weight excluding hydrogens is 252 g/mol. The molecule has 1 aliphatic heterocycles. The second-order valence-corrected chi connectivity index (χ2v) is 5.42. The average Bonchev–Trinajstić information content (AvgIpc) is 2.74. The maximum atomic E-state index is 11.8. The fraction of sp³-hybridized carbons (Fsp3) is 0.400. The third-order valence-corrected chi connectivity index (χ3v) is 4.03. The molecule has 16 heavy (non-hydrogen) atoms. The van der Waals surface area contributed by atoms with Crippen LogP contribution in [0.2, 0.25) is 4.34 Å². The number of carboxylic acids is 1. The highest BCUT2D eigenvalue weighted by Crippen LogP contribution is 2.40. The summed E-state index contributed by atoms with van der Waals surface area (Å²) in [5, 5.41) is 8.82. The van der Waals surface area contributed by atoms with Crippen LogP contribution in [-0.2, 0) is 19.9 Å². The van der Waals surface area contributed by atoms with E-state index in [9.17, 15) is 9.59 Å². The molecule has 4 nitrogen and oxygen atoms in total. The van der Waals surface area contributed by atoms with Crippen molar-refractivity contribution in [1.29, 1.82) is 0 Å². The molecule has 1 aromatic heterocycles. The zero-order valence-corrected chi connectivity index (χ0v) is 9.97. The molecule has 0 aliphatic carbocycles. The lowest BCUT2D eigenvalue weighted by Crippen LogP contribution is -2.29. The van der Waals surface area contributed by atoms with E-state index in [1.54, 1.807) is 19.1 Å². The second kappa shape index (κ2) is 3.84. The van der Waals surface area contributed by atoms with Gasteiger partial charge in [0, 0.05) is 11.3 Å². The number of Topliss-reactive ketones (excluding diaryl/α,β-unsaturated/α-hetero) is 1. The van der Waals surface area contributed by atoms with Gasteiger partial charge in [-0.3, -0.25) is 4.79 Å². The van der Waals surface area contributed by atoms with E-state index in [-0.39, 0.29) is 12.2 Å². The number of ether oxygens (including phenoxy) is 1. The van der Waals surface area contributed by atoms with Crippen molar-refractivity contribution >= 4 is 34.7 Å². The molecule has 2 atom stereocenters. The largest absolute Gasteiger partial charge is 0.479 e. The van der Waals surface area contributed by atoms with Crippen molar-refractivity contribution < 1.29 is 19.4 Å². The van der Waals surface area contributed by atoms with Crippen LogP contribution in [0.4, 0.5) is 0 Å². The molecule has 0 saturated carbocycles. The van der Waals surface area contributed by atoms with Crippen molar-refractivity contribution in [2.45, 2.75) is 25.0 Å². The maximum Gasteiger partial charge on any atom is 0.333 e. The summed E-state index contributed by atoms with van der Waals surface area (Å²) in [6.45, 7) is 1.58. The Balaban J connectivity index is 2.33. The van der Waals surface area contributed by atoms with E-state index in [2.05, 4.69) is 0 Å². The van der Waals surface area contributed by atoms with Gasteiger partial charge in [0.15, 0.2) is 17.5 Å². The highest BCUT2D eigenvalue weighted by Gasteiger charge is 2.48. The molecule has 86 valence electrons. The molecule has 6 heteroatoms. The molecule has 0 amide bonds. The number of aliphatic carboxylic acids is 1. The Bertz CT molecular complexity index is 455. The maximum absolute atomic E-state index is 11.8. The van der Waals surface area contributed by atoms with Gasteiger partial charge < -0.3 is 9.84 Å². The van der Waals surface area contributed by atoms with Crippen molar-refractivity contribution in [1.82, 2.24) is 0 Å². The van der Waals surface area contributed by atoms with Gasteiger partial charge in [0.25, 0.3) is 0 Å². The van der Waals surface area contributed by atoms with Gasteiger partial charge in [-0.15, -0.1) is 11.3 Å². The van der Waals surface area contributed by atoms with E-state index < -0.39 is 17.7 Å². The molecule has 2 heterocycles. The number of halogens is 1. The fourth-order valence-electron chi connectivity index (χ4n) is 1.66. The molecular formula is C10H9ClO4S. The lowest BCUT2D eigenvalue weighted by molar-refractivity contribution is -0.154. The first kappa shape index (κ1) is 11.6. The Morgan fingerprint density at radius 3 is 2.81 bits per heavy atom. The van der Waals surface area contributed by atoms with Crippen molar-refractivity contribution in [2.24, 2.45) is 0 Å². The molecule has 1 fully saturated rings. The van der Waals surface area contributed by atoms with Gasteiger partial charge >= 0.3 is 5.97 Å². The summed E-state index contributed by atoms with van der Waals surface area (Å²) < 4.78 is 5.87. The molecule has 0 spiro atoms. The minimum Gasteiger partial charge on any atom is -0.479 e. The Labute approximate surface area is 101 Å². The lowest BCUT2D eigenvalue weighted by atomic mass is 9.99.